The minimum absolute atomic E-state index is 0.269. The Hall–Kier alpha value is -1.74. The molecule has 0 saturated heterocycles. The molecule has 0 bridgehead atoms. The van der Waals surface area contributed by atoms with Crippen LogP contribution in [-0.4, -0.2) is 6.04 Å². The molecule has 100 valence electrons. The summed E-state index contributed by atoms with van der Waals surface area (Å²) in [4.78, 5) is 0. The minimum atomic E-state index is -0.316. The number of hydrogen-bond donors (Lipinski definition) is 1. The molecule has 0 fully saturated rings. The van der Waals surface area contributed by atoms with E-state index >= 15 is 0 Å². The Balaban J connectivity index is 2.23. The molecule has 2 aromatic carbocycles. The summed E-state index contributed by atoms with van der Waals surface area (Å²) in [6.45, 7) is 4.52. The topological polar surface area (TPSA) is 12.0 Å². The van der Waals surface area contributed by atoms with E-state index in [2.05, 4.69) is 5.32 Å². The van der Waals surface area contributed by atoms with E-state index in [-0.39, 0.29) is 11.6 Å². The molecule has 0 saturated carbocycles. The number of rotatable bonds is 4. The quantitative estimate of drug-likeness (QED) is 0.872. The smallest absolute Gasteiger partial charge is 0.128 e. The average molecular weight is 261 g/mol. The summed E-state index contributed by atoms with van der Waals surface area (Å²) < 4.78 is 27.1. The molecular formula is C16H17F2N. The van der Waals surface area contributed by atoms with Crippen LogP contribution >= 0.6 is 0 Å². The van der Waals surface area contributed by atoms with Crippen molar-refractivity contribution in [3.8, 4) is 11.1 Å². The van der Waals surface area contributed by atoms with Gasteiger partial charge in [-0.2, -0.15) is 0 Å². The fraction of sp³-hybridized carbons (Fsp3) is 0.250. The Morgan fingerprint density at radius 2 is 1.74 bits per heavy atom. The van der Waals surface area contributed by atoms with E-state index in [4.69, 9.17) is 0 Å². The van der Waals surface area contributed by atoms with Crippen LogP contribution in [0.3, 0.4) is 0 Å². The highest BCUT2D eigenvalue weighted by atomic mass is 19.1. The van der Waals surface area contributed by atoms with E-state index in [0.717, 1.165) is 0 Å². The molecule has 0 atom stereocenters. The Morgan fingerprint density at radius 3 is 2.37 bits per heavy atom. The lowest BCUT2D eigenvalue weighted by Gasteiger charge is -2.10. The lowest BCUT2D eigenvalue weighted by Crippen LogP contribution is -2.22. The second-order valence-electron chi connectivity index (χ2n) is 4.85. The Morgan fingerprint density at radius 1 is 1.00 bits per heavy atom. The van der Waals surface area contributed by atoms with Gasteiger partial charge in [-0.3, -0.25) is 0 Å². The number of nitrogens with one attached hydrogen (secondary N) is 1. The van der Waals surface area contributed by atoms with Gasteiger partial charge in [0.2, 0.25) is 0 Å². The zero-order valence-electron chi connectivity index (χ0n) is 11.1. The summed E-state index contributed by atoms with van der Waals surface area (Å²) in [7, 11) is 0. The molecule has 2 rings (SSSR count). The lowest BCUT2D eigenvalue weighted by molar-refractivity contribution is 0.553. The van der Waals surface area contributed by atoms with Gasteiger partial charge in [0.05, 0.1) is 0 Å². The predicted molar refractivity (Wildman–Crippen MR) is 73.8 cm³/mol. The van der Waals surface area contributed by atoms with Crippen LogP contribution in [0.5, 0.6) is 0 Å². The molecule has 1 nitrogen and oxygen atoms in total. The van der Waals surface area contributed by atoms with Crippen molar-refractivity contribution in [3.63, 3.8) is 0 Å². The minimum Gasteiger partial charge on any atom is -0.310 e. The van der Waals surface area contributed by atoms with E-state index in [1.165, 1.54) is 18.2 Å². The summed E-state index contributed by atoms with van der Waals surface area (Å²) >= 11 is 0. The van der Waals surface area contributed by atoms with E-state index in [1.807, 2.05) is 19.9 Å². The van der Waals surface area contributed by atoms with E-state index in [0.29, 0.717) is 29.3 Å². The highest BCUT2D eigenvalue weighted by Gasteiger charge is 2.06. The van der Waals surface area contributed by atoms with Crippen molar-refractivity contribution in [3.05, 3.63) is 59.7 Å². The SMILES string of the molecule is CC(C)NCc1ccc(-c2cccc(F)c2)cc1F. The third-order valence-electron chi connectivity index (χ3n) is 2.91. The second kappa shape index (κ2) is 5.93. The molecule has 19 heavy (non-hydrogen) atoms. The van der Waals surface area contributed by atoms with Crippen LogP contribution in [0.25, 0.3) is 11.1 Å². The summed E-state index contributed by atoms with van der Waals surface area (Å²) in [6, 6.07) is 11.5. The van der Waals surface area contributed by atoms with Crippen LogP contribution < -0.4 is 5.32 Å². The van der Waals surface area contributed by atoms with Gasteiger partial charge in [0.1, 0.15) is 11.6 Å². The molecule has 0 heterocycles. The zero-order chi connectivity index (χ0) is 13.8. The van der Waals surface area contributed by atoms with Crippen LogP contribution in [0.15, 0.2) is 42.5 Å². The van der Waals surface area contributed by atoms with Crippen molar-refractivity contribution in [2.75, 3.05) is 0 Å². The fourth-order valence-corrected chi connectivity index (χ4v) is 1.85. The molecule has 0 aliphatic carbocycles. The third-order valence-corrected chi connectivity index (χ3v) is 2.91. The highest BCUT2D eigenvalue weighted by Crippen LogP contribution is 2.22. The van der Waals surface area contributed by atoms with Crippen LogP contribution in [0, 0.1) is 11.6 Å². The van der Waals surface area contributed by atoms with E-state index < -0.39 is 0 Å². The molecule has 0 unspecified atom stereocenters. The summed E-state index contributed by atoms with van der Waals surface area (Å²) in [5.74, 6) is -0.585. The Bertz CT molecular complexity index is 564. The van der Waals surface area contributed by atoms with Crippen molar-refractivity contribution in [2.24, 2.45) is 0 Å². The van der Waals surface area contributed by atoms with Gasteiger partial charge >= 0.3 is 0 Å². The first-order valence-electron chi connectivity index (χ1n) is 6.34. The second-order valence-corrected chi connectivity index (χ2v) is 4.85. The van der Waals surface area contributed by atoms with Gasteiger partial charge in [0.25, 0.3) is 0 Å². The monoisotopic (exact) mass is 261 g/mol. The van der Waals surface area contributed by atoms with Crippen LogP contribution in [0.2, 0.25) is 0 Å². The molecule has 0 amide bonds. The molecule has 3 heteroatoms. The number of hydrogen-bond acceptors (Lipinski definition) is 1. The maximum atomic E-state index is 14.0. The molecule has 1 N–H and O–H groups in total. The molecule has 0 aliphatic rings. The first-order chi connectivity index (χ1) is 9.06. The zero-order valence-corrected chi connectivity index (χ0v) is 11.1. The summed E-state index contributed by atoms with van der Waals surface area (Å²) in [6.07, 6.45) is 0. The average Bonchev–Trinajstić information content (AvgIpc) is 2.37. The number of halogens is 2. The summed E-state index contributed by atoms with van der Waals surface area (Å²) in [5.41, 5.74) is 1.99. The highest BCUT2D eigenvalue weighted by molar-refractivity contribution is 5.63. The standard InChI is InChI=1S/C16H17F2N/c1-11(2)19-10-14-7-6-13(9-16(14)18)12-4-3-5-15(17)8-12/h3-9,11,19H,10H2,1-2H3. The van der Waals surface area contributed by atoms with Crippen molar-refractivity contribution < 1.29 is 8.78 Å². The van der Waals surface area contributed by atoms with Crippen molar-refractivity contribution in [2.45, 2.75) is 26.4 Å². The maximum absolute atomic E-state index is 14.0. The molecule has 0 spiro atoms. The molecule has 2 aromatic rings. The van der Waals surface area contributed by atoms with Gasteiger partial charge in [0, 0.05) is 18.2 Å². The maximum Gasteiger partial charge on any atom is 0.128 e. The van der Waals surface area contributed by atoms with Crippen molar-refractivity contribution >= 4 is 0 Å². The normalized spacial score (nSPS) is 11.0. The van der Waals surface area contributed by atoms with Gasteiger partial charge in [-0.05, 0) is 29.3 Å². The Labute approximate surface area is 112 Å². The first-order valence-corrected chi connectivity index (χ1v) is 6.34. The van der Waals surface area contributed by atoms with Crippen molar-refractivity contribution in [1.82, 2.24) is 5.32 Å². The van der Waals surface area contributed by atoms with Gasteiger partial charge in [-0.15, -0.1) is 0 Å². The molecular weight excluding hydrogens is 244 g/mol. The molecule has 0 aromatic heterocycles. The van der Waals surface area contributed by atoms with Gasteiger partial charge in [0.15, 0.2) is 0 Å². The summed E-state index contributed by atoms with van der Waals surface area (Å²) in [5, 5.41) is 3.17. The lowest BCUT2D eigenvalue weighted by atomic mass is 10.0. The fourth-order valence-electron chi connectivity index (χ4n) is 1.85. The van der Waals surface area contributed by atoms with Gasteiger partial charge in [-0.1, -0.05) is 38.1 Å². The van der Waals surface area contributed by atoms with Crippen molar-refractivity contribution in [1.29, 1.82) is 0 Å². The van der Waals surface area contributed by atoms with Gasteiger partial charge < -0.3 is 5.32 Å². The largest absolute Gasteiger partial charge is 0.310 e. The van der Waals surface area contributed by atoms with E-state index in [1.54, 1.807) is 18.2 Å². The Kier molecular flexibility index (Phi) is 4.27. The van der Waals surface area contributed by atoms with E-state index in [9.17, 15) is 8.78 Å². The van der Waals surface area contributed by atoms with Crippen LogP contribution in [0.1, 0.15) is 19.4 Å². The van der Waals surface area contributed by atoms with Crippen LogP contribution in [-0.2, 0) is 6.54 Å². The molecule has 0 aliphatic heterocycles. The number of benzene rings is 2. The first kappa shape index (κ1) is 13.7. The molecule has 0 radical (unpaired) electrons. The predicted octanol–water partition coefficient (Wildman–Crippen LogP) is 4.13. The third kappa shape index (κ3) is 3.61. The van der Waals surface area contributed by atoms with Gasteiger partial charge in [-0.25, -0.2) is 8.78 Å². The van der Waals surface area contributed by atoms with Crippen LogP contribution in [0.4, 0.5) is 8.78 Å².